The van der Waals surface area contributed by atoms with Gasteiger partial charge in [-0.05, 0) is 63.2 Å². The number of halogens is 1. The van der Waals surface area contributed by atoms with E-state index in [2.05, 4.69) is 59.5 Å². The van der Waals surface area contributed by atoms with Gasteiger partial charge in [-0.2, -0.15) is 0 Å². The molecule has 0 aliphatic heterocycles. The van der Waals surface area contributed by atoms with Crippen LogP contribution >= 0.6 is 15.9 Å². The summed E-state index contributed by atoms with van der Waals surface area (Å²) in [6.07, 6.45) is 0.625. The fourth-order valence-corrected chi connectivity index (χ4v) is 3.09. The molecule has 29 heavy (non-hydrogen) atoms. The van der Waals surface area contributed by atoms with Crippen LogP contribution in [0.1, 0.15) is 38.3 Å². The number of hydrogen-bond donors (Lipinski definition) is 3. The van der Waals surface area contributed by atoms with Gasteiger partial charge in [-0.3, -0.25) is 4.79 Å². The van der Waals surface area contributed by atoms with Crippen molar-refractivity contribution < 1.29 is 19.4 Å². The average Bonchev–Trinajstić information content (AvgIpc) is 2.63. The lowest BCUT2D eigenvalue weighted by molar-refractivity contribution is -0.136. The molecule has 0 bridgehead atoms. The second-order valence-electron chi connectivity index (χ2n) is 7.75. The maximum absolute atomic E-state index is 11.9. The minimum atomic E-state index is -0.886. The quantitative estimate of drug-likeness (QED) is 0.483. The topological polar surface area (TPSA) is 87.7 Å². The molecule has 7 heteroatoms. The number of benzene rings is 2. The molecule has 2 aromatic rings. The van der Waals surface area contributed by atoms with Crippen molar-refractivity contribution >= 4 is 33.6 Å². The van der Waals surface area contributed by atoms with Crippen molar-refractivity contribution in [3.63, 3.8) is 0 Å². The second kappa shape index (κ2) is 10.3. The molecular formula is C22H27BrN2O4. The molecule has 2 aromatic carbocycles. The number of rotatable bonds is 8. The fourth-order valence-electron chi connectivity index (χ4n) is 2.60. The highest BCUT2D eigenvalue weighted by Crippen LogP contribution is 2.31. The Balaban J connectivity index is 1.70. The Hall–Kier alpha value is -2.54. The van der Waals surface area contributed by atoms with Gasteiger partial charge in [-0.25, -0.2) is 4.79 Å². The van der Waals surface area contributed by atoms with E-state index in [1.807, 2.05) is 6.07 Å². The minimum Gasteiger partial charge on any atom is -0.492 e. The van der Waals surface area contributed by atoms with Crippen molar-refractivity contribution in [2.45, 2.75) is 39.0 Å². The molecule has 6 nitrogen and oxygen atoms in total. The summed E-state index contributed by atoms with van der Waals surface area (Å²) in [7, 11) is 0. The van der Waals surface area contributed by atoms with E-state index in [1.165, 1.54) is 5.56 Å². The van der Waals surface area contributed by atoms with Gasteiger partial charge >= 0.3 is 12.0 Å². The summed E-state index contributed by atoms with van der Waals surface area (Å²) in [4.78, 5) is 22.6. The van der Waals surface area contributed by atoms with E-state index in [9.17, 15) is 9.59 Å². The first-order chi connectivity index (χ1) is 13.6. The molecule has 0 atom stereocenters. The van der Waals surface area contributed by atoms with Crippen LogP contribution in [0, 0.1) is 0 Å². The lowest BCUT2D eigenvalue weighted by Gasteiger charge is -2.20. The monoisotopic (exact) mass is 462 g/mol. The number of amides is 2. The Morgan fingerprint density at radius 2 is 1.79 bits per heavy atom. The molecule has 0 spiro atoms. The zero-order chi connectivity index (χ0) is 21.4. The molecule has 0 aliphatic rings. The highest BCUT2D eigenvalue weighted by atomic mass is 79.9. The highest BCUT2D eigenvalue weighted by Gasteiger charge is 2.15. The van der Waals surface area contributed by atoms with E-state index in [-0.39, 0.29) is 17.9 Å². The van der Waals surface area contributed by atoms with Crippen LogP contribution in [0.3, 0.4) is 0 Å². The SMILES string of the molecule is CC(C)(C)c1ccc(OCCCNC(=O)Nc2ccc(CC(=O)O)cc2)c(Br)c1. The van der Waals surface area contributed by atoms with Crippen molar-refractivity contribution in [3.05, 3.63) is 58.1 Å². The summed E-state index contributed by atoms with van der Waals surface area (Å²) in [5.74, 6) is -0.105. The zero-order valence-corrected chi connectivity index (χ0v) is 18.5. The Bertz CT molecular complexity index is 845. The number of urea groups is 1. The molecule has 0 radical (unpaired) electrons. The first-order valence-corrected chi connectivity index (χ1v) is 10.2. The summed E-state index contributed by atoms with van der Waals surface area (Å²) >= 11 is 3.55. The Morgan fingerprint density at radius 3 is 2.38 bits per heavy atom. The van der Waals surface area contributed by atoms with Gasteiger partial charge in [0, 0.05) is 12.2 Å². The molecule has 3 N–H and O–H groups in total. The van der Waals surface area contributed by atoms with Crippen molar-refractivity contribution in [1.82, 2.24) is 5.32 Å². The van der Waals surface area contributed by atoms with Gasteiger partial charge in [0.15, 0.2) is 0 Å². The molecule has 156 valence electrons. The second-order valence-corrected chi connectivity index (χ2v) is 8.60. The van der Waals surface area contributed by atoms with Crippen LogP contribution in [0.15, 0.2) is 46.9 Å². The lowest BCUT2D eigenvalue weighted by Crippen LogP contribution is -2.30. The van der Waals surface area contributed by atoms with Crippen molar-refractivity contribution in [2.24, 2.45) is 0 Å². The maximum atomic E-state index is 11.9. The molecule has 2 rings (SSSR count). The van der Waals surface area contributed by atoms with Gasteiger partial charge in [0.05, 0.1) is 17.5 Å². The van der Waals surface area contributed by atoms with Crippen LogP contribution < -0.4 is 15.4 Å². The van der Waals surface area contributed by atoms with Crippen LogP contribution in [0.2, 0.25) is 0 Å². The van der Waals surface area contributed by atoms with Crippen LogP contribution in [0.5, 0.6) is 5.75 Å². The van der Waals surface area contributed by atoms with Crippen molar-refractivity contribution in [3.8, 4) is 5.75 Å². The molecule has 0 heterocycles. The summed E-state index contributed by atoms with van der Waals surface area (Å²) in [5.41, 5.74) is 2.60. The number of carboxylic acids is 1. The van der Waals surface area contributed by atoms with Crippen molar-refractivity contribution in [2.75, 3.05) is 18.5 Å². The van der Waals surface area contributed by atoms with Gasteiger partial charge in [-0.15, -0.1) is 0 Å². The number of carbonyl (C=O) groups excluding carboxylic acids is 1. The Kier molecular flexibility index (Phi) is 8.08. The van der Waals surface area contributed by atoms with Crippen LogP contribution in [0.25, 0.3) is 0 Å². The van der Waals surface area contributed by atoms with Gasteiger partial charge < -0.3 is 20.5 Å². The van der Waals surface area contributed by atoms with E-state index >= 15 is 0 Å². The summed E-state index contributed by atoms with van der Waals surface area (Å²) in [6, 6.07) is 12.5. The molecule has 0 fully saturated rings. The van der Waals surface area contributed by atoms with E-state index in [1.54, 1.807) is 24.3 Å². The standard InChI is InChI=1S/C22H27BrN2O4/c1-22(2,3)16-7-10-19(18(23)14-16)29-12-4-11-24-21(28)25-17-8-5-15(6-9-17)13-20(26)27/h5-10,14H,4,11-13H2,1-3H3,(H,26,27)(H2,24,25,28). The van der Waals surface area contributed by atoms with Crippen LogP contribution in [-0.4, -0.2) is 30.3 Å². The van der Waals surface area contributed by atoms with E-state index in [0.717, 1.165) is 10.2 Å². The molecule has 0 aromatic heterocycles. The molecule has 2 amide bonds. The molecule has 0 unspecified atom stereocenters. The van der Waals surface area contributed by atoms with Crippen LogP contribution in [0.4, 0.5) is 10.5 Å². The number of aliphatic carboxylic acids is 1. The minimum absolute atomic E-state index is 0.0402. The molecule has 0 saturated carbocycles. The van der Waals surface area contributed by atoms with Crippen molar-refractivity contribution in [1.29, 1.82) is 0 Å². The highest BCUT2D eigenvalue weighted by molar-refractivity contribution is 9.10. The van der Waals surface area contributed by atoms with Gasteiger partial charge in [-0.1, -0.05) is 39.0 Å². The zero-order valence-electron chi connectivity index (χ0n) is 16.9. The van der Waals surface area contributed by atoms with Gasteiger partial charge in [0.2, 0.25) is 0 Å². The Morgan fingerprint density at radius 1 is 1.10 bits per heavy atom. The number of hydrogen-bond acceptors (Lipinski definition) is 3. The van der Waals surface area contributed by atoms with Crippen LogP contribution in [-0.2, 0) is 16.6 Å². The number of ether oxygens (including phenoxy) is 1. The molecule has 0 aliphatic carbocycles. The van der Waals surface area contributed by atoms with E-state index < -0.39 is 5.97 Å². The Labute approximate surface area is 179 Å². The third-order valence-electron chi connectivity index (χ3n) is 4.23. The third kappa shape index (κ3) is 7.77. The smallest absolute Gasteiger partial charge is 0.319 e. The maximum Gasteiger partial charge on any atom is 0.319 e. The largest absolute Gasteiger partial charge is 0.492 e. The fraction of sp³-hybridized carbons (Fsp3) is 0.364. The first-order valence-electron chi connectivity index (χ1n) is 9.43. The summed E-state index contributed by atoms with van der Waals surface area (Å²) < 4.78 is 6.70. The first kappa shape index (κ1) is 22.7. The predicted octanol–water partition coefficient (Wildman–Crippen LogP) is 4.96. The normalized spacial score (nSPS) is 11.0. The van der Waals surface area contributed by atoms with Gasteiger partial charge in [0.1, 0.15) is 5.75 Å². The van der Waals surface area contributed by atoms with Gasteiger partial charge in [0.25, 0.3) is 0 Å². The lowest BCUT2D eigenvalue weighted by atomic mass is 9.87. The number of carboxylic acid groups (broad SMARTS) is 1. The predicted molar refractivity (Wildman–Crippen MR) is 118 cm³/mol. The van der Waals surface area contributed by atoms with E-state index in [4.69, 9.17) is 9.84 Å². The summed E-state index contributed by atoms with van der Waals surface area (Å²) in [5, 5.41) is 14.2. The molecule has 0 saturated heterocycles. The molecular weight excluding hydrogens is 436 g/mol. The van der Waals surface area contributed by atoms with E-state index in [0.29, 0.717) is 30.8 Å². The average molecular weight is 463 g/mol. The third-order valence-corrected chi connectivity index (χ3v) is 4.85. The number of nitrogens with one attached hydrogen (secondary N) is 2. The number of anilines is 1. The summed E-state index contributed by atoms with van der Waals surface area (Å²) in [6.45, 7) is 7.45. The number of carbonyl (C=O) groups is 2.